The molecule has 0 aliphatic rings. The Kier molecular flexibility index (Phi) is 1.81. The van der Waals surface area contributed by atoms with Gasteiger partial charge in [0.15, 0.2) is 6.19 Å². The Hall–Kier alpha value is -2.08. The summed E-state index contributed by atoms with van der Waals surface area (Å²) in [6.07, 6.45) is 1.84. The van der Waals surface area contributed by atoms with E-state index >= 15 is 0 Å². The molecule has 2 rings (SSSR count). The summed E-state index contributed by atoms with van der Waals surface area (Å²) in [7, 11) is 0. The van der Waals surface area contributed by atoms with Crippen molar-refractivity contribution in [2.24, 2.45) is 0 Å². The zero-order valence-corrected chi connectivity index (χ0v) is 6.86. The summed E-state index contributed by atoms with van der Waals surface area (Å²) in [4.78, 5) is 4.23. The predicted molar refractivity (Wildman–Crippen MR) is 51.0 cm³/mol. The van der Waals surface area contributed by atoms with Gasteiger partial charge < -0.3 is 0 Å². The highest BCUT2D eigenvalue weighted by Crippen LogP contribution is 2.13. The lowest BCUT2D eigenvalue weighted by atomic mass is 10.2. The molecule has 0 atom stereocenters. The monoisotopic (exact) mass is 169 g/mol. The topological polar surface area (TPSA) is 48.7 Å². The second kappa shape index (κ2) is 3.11. The number of rotatable bonds is 1. The van der Waals surface area contributed by atoms with Crippen LogP contribution in [0.2, 0.25) is 0 Å². The number of nitrogens with one attached hydrogen (secondary N) is 1. The van der Waals surface area contributed by atoms with Crippen molar-refractivity contribution in [3.63, 3.8) is 0 Å². The van der Waals surface area contributed by atoms with E-state index in [-0.39, 0.29) is 0 Å². The minimum Gasteiger partial charge on any atom is -0.277 e. The first-order valence-corrected chi connectivity index (χ1v) is 3.91. The molecule has 0 aliphatic carbocycles. The lowest BCUT2D eigenvalue weighted by Crippen LogP contribution is -1.90. The number of para-hydroxylation sites is 1. The molecule has 0 radical (unpaired) electrons. The molecule has 62 valence electrons. The van der Waals surface area contributed by atoms with Crippen LogP contribution < -0.4 is 5.32 Å². The smallest absolute Gasteiger partial charge is 0.182 e. The third-order valence-corrected chi connectivity index (χ3v) is 1.78. The third-order valence-electron chi connectivity index (χ3n) is 1.78. The van der Waals surface area contributed by atoms with E-state index in [2.05, 4.69) is 10.3 Å². The minimum atomic E-state index is 0.584. The van der Waals surface area contributed by atoms with Crippen LogP contribution in [0, 0.1) is 11.5 Å². The lowest BCUT2D eigenvalue weighted by Gasteiger charge is -1.98. The van der Waals surface area contributed by atoms with E-state index in [1.54, 1.807) is 6.07 Å². The van der Waals surface area contributed by atoms with Crippen molar-refractivity contribution >= 4 is 16.7 Å². The van der Waals surface area contributed by atoms with E-state index in [0.717, 1.165) is 10.9 Å². The molecule has 0 saturated carbocycles. The maximum Gasteiger partial charge on any atom is 0.182 e. The molecule has 1 N–H and O–H groups in total. The van der Waals surface area contributed by atoms with Gasteiger partial charge in [-0.2, -0.15) is 5.26 Å². The molecule has 0 amide bonds. The molecule has 3 heteroatoms. The van der Waals surface area contributed by atoms with Crippen molar-refractivity contribution in [2.45, 2.75) is 0 Å². The van der Waals surface area contributed by atoms with Crippen LogP contribution in [0.5, 0.6) is 0 Å². The minimum absolute atomic E-state index is 0.584. The summed E-state index contributed by atoms with van der Waals surface area (Å²) >= 11 is 0. The average molecular weight is 169 g/mol. The highest BCUT2D eigenvalue weighted by molar-refractivity contribution is 5.80. The molecule has 1 aromatic carbocycles. The molecule has 0 spiro atoms. The van der Waals surface area contributed by atoms with Gasteiger partial charge in [-0.3, -0.25) is 5.32 Å². The van der Waals surface area contributed by atoms with Crippen LogP contribution in [0.1, 0.15) is 0 Å². The summed E-state index contributed by atoms with van der Waals surface area (Å²) < 4.78 is 0. The molecule has 0 unspecified atom stereocenters. The van der Waals surface area contributed by atoms with Gasteiger partial charge in [-0.15, -0.1) is 0 Å². The van der Waals surface area contributed by atoms with Gasteiger partial charge in [-0.1, -0.05) is 18.2 Å². The van der Waals surface area contributed by atoms with Gasteiger partial charge in [0.05, 0.1) is 5.52 Å². The van der Waals surface area contributed by atoms with Crippen LogP contribution in [0.3, 0.4) is 0 Å². The number of pyridine rings is 1. The van der Waals surface area contributed by atoms with E-state index in [4.69, 9.17) is 5.26 Å². The largest absolute Gasteiger partial charge is 0.277 e. The SMILES string of the molecule is N#CNc1ccc2ccccc2n1. The summed E-state index contributed by atoms with van der Waals surface area (Å²) in [6.45, 7) is 0. The van der Waals surface area contributed by atoms with Gasteiger partial charge in [0, 0.05) is 5.39 Å². The average Bonchev–Trinajstić information content (AvgIpc) is 2.18. The summed E-state index contributed by atoms with van der Waals surface area (Å²) in [6, 6.07) is 11.5. The van der Waals surface area contributed by atoms with Crippen molar-refractivity contribution in [1.82, 2.24) is 4.98 Å². The maximum atomic E-state index is 8.39. The standard InChI is InChI=1S/C10H7N3/c11-7-12-10-6-5-8-3-1-2-4-9(8)13-10/h1-6H,(H,12,13). The highest BCUT2D eigenvalue weighted by Gasteiger charge is 1.94. The number of nitriles is 1. The zero-order chi connectivity index (χ0) is 9.10. The zero-order valence-electron chi connectivity index (χ0n) is 6.86. The number of nitrogens with zero attached hydrogens (tertiary/aromatic N) is 2. The van der Waals surface area contributed by atoms with E-state index in [1.165, 1.54) is 0 Å². The number of anilines is 1. The van der Waals surface area contributed by atoms with Crippen molar-refractivity contribution in [2.75, 3.05) is 5.32 Å². The molecule has 0 saturated heterocycles. The van der Waals surface area contributed by atoms with Crippen molar-refractivity contribution < 1.29 is 0 Å². The Labute approximate surface area is 75.6 Å². The number of aromatic nitrogens is 1. The number of fused-ring (bicyclic) bond motifs is 1. The fourth-order valence-corrected chi connectivity index (χ4v) is 1.19. The Morgan fingerprint density at radius 2 is 2.00 bits per heavy atom. The first-order chi connectivity index (χ1) is 6.40. The van der Waals surface area contributed by atoms with Crippen LogP contribution in [-0.4, -0.2) is 4.98 Å². The molecular weight excluding hydrogens is 162 g/mol. The quantitative estimate of drug-likeness (QED) is 0.525. The fourth-order valence-electron chi connectivity index (χ4n) is 1.19. The van der Waals surface area contributed by atoms with Gasteiger partial charge in [0.25, 0.3) is 0 Å². The van der Waals surface area contributed by atoms with Gasteiger partial charge in [0.2, 0.25) is 0 Å². The van der Waals surface area contributed by atoms with Gasteiger partial charge in [-0.25, -0.2) is 4.98 Å². The molecule has 0 aliphatic heterocycles. The highest BCUT2D eigenvalue weighted by atomic mass is 15.0. The molecule has 1 heterocycles. The second-order valence-electron chi connectivity index (χ2n) is 2.63. The lowest BCUT2D eigenvalue weighted by molar-refractivity contribution is 1.36. The van der Waals surface area contributed by atoms with E-state index in [1.807, 2.05) is 36.5 Å². The third kappa shape index (κ3) is 1.42. The summed E-state index contributed by atoms with van der Waals surface area (Å²) in [5, 5.41) is 12.0. The molecule has 2 aromatic rings. The van der Waals surface area contributed by atoms with Crippen molar-refractivity contribution in [3.05, 3.63) is 36.4 Å². The van der Waals surface area contributed by atoms with Crippen LogP contribution in [0.15, 0.2) is 36.4 Å². The summed E-state index contributed by atoms with van der Waals surface area (Å²) in [5.74, 6) is 0.584. The second-order valence-corrected chi connectivity index (χ2v) is 2.63. The van der Waals surface area contributed by atoms with Crippen LogP contribution in [0.4, 0.5) is 5.82 Å². The normalized spacial score (nSPS) is 9.46. The Balaban J connectivity index is 2.57. The fraction of sp³-hybridized carbons (Fsp3) is 0. The van der Waals surface area contributed by atoms with E-state index in [0.29, 0.717) is 5.82 Å². The number of benzene rings is 1. The maximum absolute atomic E-state index is 8.39. The molecule has 3 nitrogen and oxygen atoms in total. The molecule has 0 bridgehead atoms. The Morgan fingerprint density at radius 1 is 1.15 bits per heavy atom. The summed E-state index contributed by atoms with van der Waals surface area (Å²) in [5.41, 5.74) is 0.891. The number of hydrogen-bond donors (Lipinski definition) is 1. The van der Waals surface area contributed by atoms with E-state index < -0.39 is 0 Å². The first kappa shape index (κ1) is 7.56. The first-order valence-electron chi connectivity index (χ1n) is 3.91. The Morgan fingerprint density at radius 3 is 2.85 bits per heavy atom. The number of hydrogen-bond acceptors (Lipinski definition) is 3. The Bertz CT molecular complexity index is 471. The molecule has 0 fully saturated rings. The van der Waals surface area contributed by atoms with Gasteiger partial charge >= 0.3 is 0 Å². The van der Waals surface area contributed by atoms with Crippen LogP contribution >= 0.6 is 0 Å². The predicted octanol–water partition coefficient (Wildman–Crippen LogP) is 2.13. The van der Waals surface area contributed by atoms with Crippen LogP contribution in [-0.2, 0) is 0 Å². The molecule has 1 aromatic heterocycles. The van der Waals surface area contributed by atoms with Gasteiger partial charge in [-0.05, 0) is 18.2 Å². The molecular formula is C10H7N3. The van der Waals surface area contributed by atoms with E-state index in [9.17, 15) is 0 Å². The van der Waals surface area contributed by atoms with Crippen molar-refractivity contribution in [3.8, 4) is 6.19 Å². The van der Waals surface area contributed by atoms with Gasteiger partial charge in [0.1, 0.15) is 5.82 Å². The van der Waals surface area contributed by atoms with Crippen molar-refractivity contribution in [1.29, 1.82) is 5.26 Å². The molecule has 13 heavy (non-hydrogen) atoms. The van der Waals surface area contributed by atoms with Crippen LogP contribution in [0.25, 0.3) is 10.9 Å².